The van der Waals surface area contributed by atoms with Gasteiger partial charge in [-0.25, -0.2) is 9.59 Å². The first-order valence-electron chi connectivity index (χ1n) is 24.8. The Balaban J connectivity index is 0.907. The number of rotatable bonds is 13. The number of Topliss-reactive ketones (excluding diaryl/α,β-unsaturated/α-hetero) is 1. The number of methoxy groups -OCH3 is 2. The monoisotopic (exact) mass is 1050 g/mol. The van der Waals surface area contributed by atoms with Crippen molar-refractivity contribution in [2.75, 3.05) is 45.5 Å². The van der Waals surface area contributed by atoms with Crippen LogP contribution in [0.2, 0.25) is 5.02 Å². The van der Waals surface area contributed by atoms with Crippen molar-refractivity contribution in [1.82, 2.24) is 20.2 Å². The van der Waals surface area contributed by atoms with E-state index < -0.39 is 88.5 Å². The Morgan fingerprint density at radius 2 is 1.71 bits per heavy atom. The summed E-state index contributed by atoms with van der Waals surface area (Å²) in [5, 5.41) is 14.5. The second kappa shape index (κ2) is 21.5. The maximum Gasteiger partial charge on any atom is 0.409 e. The lowest BCUT2D eigenvalue weighted by Gasteiger charge is -2.41. The van der Waals surface area contributed by atoms with Crippen LogP contribution in [0.4, 0.5) is 10.5 Å². The number of benzene rings is 1. The predicted octanol–water partition coefficient (Wildman–Crippen LogP) is 4.06. The normalized spacial score (nSPS) is 34.0. The number of hydroxylamine groups is 2. The number of nitrogens with zero attached hydrogens (tertiary/aromatic N) is 4. The predicted molar refractivity (Wildman–Crippen MR) is 262 cm³/mol. The number of carbonyl (C=O) groups excluding carboxylic acids is 9. The third-order valence-corrected chi connectivity index (χ3v) is 17.5. The number of hydrogen-bond acceptors (Lipinski definition) is 16. The SMILES string of the molecule is COc1cc2cc(c1Cl)N(C)C(=O)CC1C(C(=O)[C@H](C)N(C)C(=O)CCSC3CC(=O)N(CC4CCC(C(=O)ON5C(=O)CCC5=O)CC4)C3=O)[C@]13O[C@H]3[C@H](C)[C@@H]1C[C@@](O)(NC(=O)O1)[C@H](OC)/C=C/C=C(\C)C2. The van der Waals surface area contributed by atoms with Gasteiger partial charge in [0.05, 0.1) is 42.0 Å². The second-order valence-electron chi connectivity index (χ2n) is 20.5. The zero-order valence-corrected chi connectivity index (χ0v) is 43.7. The maximum absolute atomic E-state index is 14.7. The molecular weight excluding hydrogens is 990 g/mol. The Bertz CT molecular complexity index is 2500. The summed E-state index contributed by atoms with van der Waals surface area (Å²) in [5.41, 5.74) is -0.892. The molecule has 0 aromatic heterocycles. The van der Waals surface area contributed by atoms with E-state index in [1.807, 2.05) is 13.0 Å². The maximum atomic E-state index is 14.7. The van der Waals surface area contributed by atoms with Crippen LogP contribution in [0.25, 0.3) is 0 Å². The minimum absolute atomic E-state index is 0.00172. The van der Waals surface area contributed by atoms with E-state index in [9.17, 15) is 48.3 Å². The fraction of sp³-hybridized carbons (Fsp3) is 0.627. The second-order valence-corrected chi connectivity index (χ2v) is 22.2. The van der Waals surface area contributed by atoms with E-state index >= 15 is 0 Å². The fourth-order valence-electron chi connectivity index (χ4n) is 11.3. The van der Waals surface area contributed by atoms with Gasteiger partial charge in [-0.2, -0.15) is 0 Å². The lowest BCUT2D eigenvalue weighted by atomic mass is 9.82. The largest absolute Gasteiger partial charge is 0.495 e. The molecule has 2 N–H and O–H groups in total. The molecule has 4 bridgehead atoms. The van der Waals surface area contributed by atoms with Gasteiger partial charge in [-0.1, -0.05) is 42.3 Å². The molecule has 20 nitrogen and oxygen atoms in total. The average Bonchev–Trinajstić information content (AvgIpc) is 4.18. The van der Waals surface area contributed by atoms with Crippen molar-refractivity contribution in [1.29, 1.82) is 0 Å². The van der Waals surface area contributed by atoms with Gasteiger partial charge in [0.2, 0.25) is 23.6 Å². The van der Waals surface area contributed by atoms with Crippen molar-refractivity contribution >= 4 is 82.3 Å². The first kappa shape index (κ1) is 53.9. The van der Waals surface area contributed by atoms with Crippen molar-refractivity contribution < 1.29 is 72.0 Å². The lowest BCUT2D eigenvalue weighted by Crippen LogP contribution is -2.63. The molecule has 6 fully saturated rings. The first-order chi connectivity index (χ1) is 34.6. The number of thioether (sulfide) groups is 1. The number of carbonyl (C=O) groups is 9. The van der Waals surface area contributed by atoms with Crippen molar-refractivity contribution in [2.45, 2.75) is 132 Å². The summed E-state index contributed by atoms with van der Waals surface area (Å²) in [6, 6.07) is 2.63. The Morgan fingerprint density at radius 3 is 2.38 bits per heavy atom. The van der Waals surface area contributed by atoms with Gasteiger partial charge in [0.15, 0.2) is 11.5 Å². The average molecular weight is 1050 g/mol. The highest BCUT2D eigenvalue weighted by molar-refractivity contribution is 8.00. The summed E-state index contributed by atoms with van der Waals surface area (Å²) in [4.78, 5) is 128. The van der Waals surface area contributed by atoms with E-state index in [0.717, 1.165) is 11.1 Å². The van der Waals surface area contributed by atoms with Crippen LogP contribution < -0.4 is 15.0 Å². The minimum Gasteiger partial charge on any atom is -0.495 e. The van der Waals surface area contributed by atoms with Crippen LogP contribution in [-0.2, 0) is 63.8 Å². The van der Waals surface area contributed by atoms with Crippen molar-refractivity contribution in [3.63, 3.8) is 0 Å². The number of likely N-dealkylation sites (N-methyl/N-ethyl adjacent to an activating group) is 1. The molecule has 0 radical (unpaired) electrons. The molecule has 5 aliphatic heterocycles. The number of imide groups is 2. The number of ketones is 1. The fourth-order valence-corrected chi connectivity index (χ4v) is 12.7. The molecule has 2 aliphatic carbocycles. The van der Waals surface area contributed by atoms with Crippen molar-refractivity contribution in [2.24, 2.45) is 29.6 Å². The molecule has 1 aromatic carbocycles. The number of halogens is 1. The molecule has 22 heteroatoms. The molecule has 10 atom stereocenters. The molecule has 396 valence electrons. The van der Waals surface area contributed by atoms with Crippen LogP contribution in [0, 0.1) is 29.6 Å². The number of hydrogen-bond donors (Lipinski definition) is 2. The highest BCUT2D eigenvalue weighted by Gasteiger charge is 2.84. The summed E-state index contributed by atoms with van der Waals surface area (Å²) < 4.78 is 23.5. The van der Waals surface area contributed by atoms with Gasteiger partial charge in [-0.15, -0.1) is 16.8 Å². The summed E-state index contributed by atoms with van der Waals surface area (Å²) in [6.07, 6.45) is 3.91. The molecule has 5 heterocycles. The standard InChI is InChI=1S/C51H64ClN5O15S/c1-26-9-8-10-37(69-7)50(67)24-35(70-49(66)53-50)27(2)46-51(71-46)32(22-41(61)55(5)33-20-30(19-26)21-34(68-6)44(33)52)43(51)45(63)28(3)54(4)38(58)17-18-73-36-23-42(62)56(47(36)64)25-29-11-13-31(14-12-29)48(65)72-57-39(59)15-16-40(57)60/h8-10,20-21,27-29,31-32,35-37,43,46,67H,11-19,22-25H2,1-7H3,(H,53,66)/b10-8+,26-9+/t27-,28+,29?,31?,32?,35+,36?,37-,43?,46+,50+,51-/m1/s1. The summed E-state index contributed by atoms with van der Waals surface area (Å²) in [6.45, 7) is 5.52. The highest BCUT2D eigenvalue weighted by atomic mass is 35.5. The van der Waals surface area contributed by atoms with Crippen LogP contribution in [0.3, 0.4) is 0 Å². The van der Waals surface area contributed by atoms with Crippen LogP contribution >= 0.6 is 23.4 Å². The number of aliphatic hydroxyl groups is 1. The van der Waals surface area contributed by atoms with E-state index in [4.69, 9.17) is 35.4 Å². The highest BCUT2D eigenvalue weighted by Crippen LogP contribution is 2.71. The summed E-state index contributed by atoms with van der Waals surface area (Å²) in [5.74, 6) is -5.48. The number of anilines is 1. The van der Waals surface area contributed by atoms with Gasteiger partial charge >= 0.3 is 12.1 Å². The first-order valence-corrected chi connectivity index (χ1v) is 26.3. The molecule has 7 amide bonds. The van der Waals surface area contributed by atoms with Crippen LogP contribution in [0.15, 0.2) is 35.9 Å². The van der Waals surface area contributed by atoms with Gasteiger partial charge in [0.25, 0.3) is 11.8 Å². The molecule has 2 saturated carbocycles. The molecular formula is C51H64ClN5O15S. The topological polar surface area (TPSA) is 248 Å². The van der Waals surface area contributed by atoms with Crippen LogP contribution in [-0.4, -0.2) is 155 Å². The van der Waals surface area contributed by atoms with Crippen LogP contribution in [0.5, 0.6) is 5.75 Å². The van der Waals surface area contributed by atoms with Crippen molar-refractivity contribution in [3.05, 3.63) is 46.5 Å². The zero-order chi connectivity index (χ0) is 52.8. The lowest BCUT2D eigenvalue weighted by molar-refractivity contribution is -0.201. The Labute approximate surface area is 432 Å². The molecule has 8 rings (SSSR count). The van der Waals surface area contributed by atoms with Gasteiger partial charge < -0.3 is 38.7 Å². The van der Waals surface area contributed by atoms with Crippen LogP contribution in [0.1, 0.15) is 90.5 Å². The Hall–Kier alpha value is -5.35. The van der Waals surface area contributed by atoms with E-state index in [2.05, 4.69) is 5.32 Å². The molecule has 3 unspecified atom stereocenters. The number of likely N-dealkylation sites (tertiary alicyclic amines) is 1. The summed E-state index contributed by atoms with van der Waals surface area (Å²) in [7, 11) is 6.02. The zero-order valence-electron chi connectivity index (χ0n) is 42.1. The molecule has 73 heavy (non-hydrogen) atoms. The number of epoxide rings is 1. The van der Waals surface area contributed by atoms with Gasteiger partial charge in [-0.05, 0) is 69.6 Å². The Morgan fingerprint density at radius 1 is 1.01 bits per heavy atom. The molecule has 1 spiro atoms. The van der Waals surface area contributed by atoms with Gasteiger partial charge in [-0.3, -0.25) is 43.8 Å². The Kier molecular flexibility index (Phi) is 15.9. The number of amides is 7. The van der Waals surface area contributed by atoms with Gasteiger partial charge in [0, 0.05) is 83.9 Å². The molecule has 1 aromatic rings. The third-order valence-electron chi connectivity index (χ3n) is 15.9. The molecule has 7 aliphatic rings. The summed E-state index contributed by atoms with van der Waals surface area (Å²) >= 11 is 8.02. The molecule has 4 saturated heterocycles. The quantitative estimate of drug-likeness (QED) is 0.209. The van der Waals surface area contributed by atoms with E-state index in [0.29, 0.717) is 48.6 Å². The smallest absolute Gasteiger partial charge is 0.409 e. The number of nitrogens with one attached hydrogen (secondary N) is 1. The van der Waals surface area contributed by atoms with Gasteiger partial charge in [0.1, 0.15) is 28.6 Å². The number of fused-ring (bicyclic) bond motifs is 4. The van der Waals surface area contributed by atoms with Crippen molar-refractivity contribution in [3.8, 4) is 5.75 Å². The van der Waals surface area contributed by atoms with E-state index in [-0.39, 0.29) is 91.2 Å². The number of ether oxygens (including phenoxy) is 4. The number of allylic oxidation sites excluding steroid dienone is 3. The van der Waals surface area contributed by atoms with E-state index in [1.165, 1.54) is 47.7 Å². The van der Waals surface area contributed by atoms with E-state index in [1.54, 1.807) is 45.2 Å². The minimum atomic E-state index is -1.87. The number of alkyl carbamates (subject to hydrolysis) is 1. The third kappa shape index (κ3) is 10.8.